The molecule has 30 heavy (non-hydrogen) atoms. The Labute approximate surface area is 173 Å². The molecule has 2 atom stereocenters. The van der Waals surface area contributed by atoms with Crippen LogP contribution < -0.4 is 15.3 Å². The van der Waals surface area contributed by atoms with Gasteiger partial charge in [0.1, 0.15) is 11.6 Å². The summed E-state index contributed by atoms with van der Waals surface area (Å²) in [6.07, 6.45) is 6.22. The number of aromatic nitrogens is 4. The van der Waals surface area contributed by atoms with E-state index in [9.17, 15) is 10.5 Å². The zero-order valence-electron chi connectivity index (χ0n) is 16.5. The number of anilines is 2. The van der Waals surface area contributed by atoms with E-state index in [1.54, 1.807) is 17.1 Å². The summed E-state index contributed by atoms with van der Waals surface area (Å²) in [5, 5.41) is 23.1. The van der Waals surface area contributed by atoms with Crippen molar-refractivity contribution < 1.29 is 16.2 Å². The third-order valence-corrected chi connectivity index (χ3v) is 5.72. The molecule has 154 valence electrons. The van der Waals surface area contributed by atoms with E-state index in [0.717, 1.165) is 41.9 Å². The Morgan fingerprint density at radius 2 is 2.00 bits per heavy atom. The number of fused-ring (bicyclic) bond motifs is 2. The van der Waals surface area contributed by atoms with Gasteiger partial charge < -0.3 is 15.3 Å². The van der Waals surface area contributed by atoms with Crippen LogP contribution in [0.25, 0.3) is 11.4 Å². The van der Waals surface area contributed by atoms with Crippen molar-refractivity contribution in [3.8, 4) is 17.5 Å². The third kappa shape index (κ3) is 3.25. The van der Waals surface area contributed by atoms with Crippen LogP contribution in [-0.4, -0.2) is 55.6 Å². The third-order valence-electron chi connectivity index (χ3n) is 5.72. The van der Waals surface area contributed by atoms with Gasteiger partial charge in [-0.2, -0.15) is 15.8 Å². The Bertz CT molecular complexity index is 1110. The molecule has 4 heterocycles. The minimum absolute atomic E-state index is 0. The van der Waals surface area contributed by atoms with Crippen molar-refractivity contribution >= 4 is 17.2 Å². The summed E-state index contributed by atoms with van der Waals surface area (Å²) in [6.45, 7) is 1.66. The number of hydrogen-bond donors (Lipinski definition) is 2. The van der Waals surface area contributed by atoms with Crippen LogP contribution in [-0.2, 0) is 7.05 Å². The maximum atomic E-state index is 9.59. The fourth-order valence-corrected chi connectivity index (χ4v) is 4.37. The van der Waals surface area contributed by atoms with Gasteiger partial charge in [-0.25, -0.2) is 15.2 Å². The van der Waals surface area contributed by atoms with E-state index < -0.39 is 0 Å². The highest BCUT2D eigenvalue weighted by Crippen LogP contribution is 2.38. The van der Waals surface area contributed by atoms with Gasteiger partial charge in [0.2, 0.25) is 0 Å². The molecule has 5 rings (SSSR count). The van der Waals surface area contributed by atoms with Crippen LogP contribution in [0.3, 0.4) is 0 Å². The fourth-order valence-electron chi connectivity index (χ4n) is 4.37. The van der Waals surface area contributed by atoms with E-state index in [0.29, 0.717) is 23.2 Å². The smallest absolute Gasteiger partial charge is 0.164 e. The first-order valence-electron chi connectivity index (χ1n) is 9.53. The quantitative estimate of drug-likeness (QED) is 0.457. The number of nitriles is 1. The van der Waals surface area contributed by atoms with Crippen molar-refractivity contribution in [1.29, 1.82) is 5.26 Å². The van der Waals surface area contributed by atoms with E-state index in [4.69, 9.17) is 4.98 Å². The van der Waals surface area contributed by atoms with Crippen LogP contribution in [0.1, 0.15) is 12.0 Å². The van der Waals surface area contributed by atoms with Gasteiger partial charge in [0.15, 0.2) is 17.3 Å². The molecule has 10 nitrogen and oxygen atoms in total. The maximum Gasteiger partial charge on any atom is 0.164 e. The molecule has 2 saturated heterocycles. The van der Waals surface area contributed by atoms with Gasteiger partial charge >= 0.3 is 0 Å². The van der Waals surface area contributed by atoms with Crippen LogP contribution in [0.4, 0.5) is 17.2 Å². The molecule has 2 aromatic heterocycles. The zero-order valence-corrected chi connectivity index (χ0v) is 16.5. The standard InChI is InChI=1S/C20H20N8O.H2O/c1-26-10-14(9-23-26)19-22-8-13(7-21)20(24-19)28-12-17-6-18(28)11-27(17)16-4-2-3-15(5-16)25-29;/h2-5,8-10,17-18,25,29H,6,11-12H2,1H3;1H2/p+1/t17-,18-;/m0./s1. The van der Waals surface area contributed by atoms with Crippen LogP contribution in [0.5, 0.6) is 0 Å². The average Bonchev–Trinajstić information content (AvgIpc) is 3.49. The summed E-state index contributed by atoms with van der Waals surface area (Å²) in [6, 6.07) is 10.8. The molecule has 2 fully saturated rings. The normalized spacial score (nSPS) is 19.6. The molecule has 5 N–H and O–H groups in total. The number of rotatable bonds is 4. The Balaban J connectivity index is 0.00000218. The lowest BCUT2D eigenvalue weighted by Crippen LogP contribution is -2.73. The molecule has 3 aromatic rings. The van der Waals surface area contributed by atoms with Crippen molar-refractivity contribution in [1.82, 2.24) is 19.7 Å². The average molecular weight is 407 g/mol. The minimum atomic E-state index is 0. The number of nitrogens with two attached hydrogens (primary N) is 1. The summed E-state index contributed by atoms with van der Waals surface area (Å²) in [4.78, 5) is 13.7. The molecular weight excluding hydrogens is 384 g/mol. The van der Waals surface area contributed by atoms with Crippen molar-refractivity contribution in [3.63, 3.8) is 0 Å². The van der Waals surface area contributed by atoms with E-state index >= 15 is 0 Å². The Morgan fingerprint density at radius 1 is 1.20 bits per heavy atom. The van der Waals surface area contributed by atoms with E-state index in [-0.39, 0.29) is 11.5 Å². The summed E-state index contributed by atoms with van der Waals surface area (Å²) >= 11 is 0. The summed E-state index contributed by atoms with van der Waals surface area (Å²) in [5.41, 5.74) is 4.37. The van der Waals surface area contributed by atoms with Crippen LogP contribution in [0.2, 0.25) is 0 Å². The second-order valence-electron chi connectivity index (χ2n) is 7.52. The Hall–Kier alpha value is -3.52. The molecule has 0 unspecified atom stereocenters. The summed E-state index contributed by atoms with van der Waals surface area (Å²) in [7, 11) is 1.85. The first-order chi connectivity index (χ1) is 14.2. The first kappa shape index (κ1) is 19.8. The molecule has 0 saturated carbocycles. The molecule has 2 aliphatic heterocycles. The molecule has 10 heteroatoms. The number of quaternary nitrogens is 1. The molecule has 2 aliphatic rings. The summed E-state index contributed by atoms with van der Waals surface area (Å²) in [5.74, 6) is 1.28. The second kappa shape index (κ2) is 7.72. The monoisotopic (exact) mass is 407 g/mol. The van der Waals surface area contributed by atoms with Gasteiger partial charge in [0.05, 0.1) is 24.0 Å². The number of aryl methyl sites for hydroxylation is 1. The number of nitrogens with zero attached hydrogens (tertiary/aromatic N) is 7. The van der Waals surface area contributed by atoms with Crippen LogP contribution in [0.15, 0.2) is 42.9 Å². The molecule has 0 radical (unpaired) electrons. The fraction of sp³-hybridized carbons (Fsp3) is 0.300. The van der Waals surface area contributed by atoms with Crippen molar-refractivity contribution in [2.24, 2.45) is 7.05 Å². The summed E-state index contributed by atoms with van der Waals surface area (Å²) < 4.78 is 1.71. The topological polar surface area (TPSA) is 142 Å². The maximum absolute atomic E-state index is 9.59. The molecular formula is C20H23N8O2+. The van der Waals surface area contributed by atoms with E-state index in [2.05, 4.69) is 32.0 Å². The lowest BCUT2D eigenvalue weighted by molar-refractivity contribution is -0.825. The van der Waals surface area contributed by atoms with Gasteiger partial charge in [0, 0.05) is 50.2 Å². The minimum Gasteiger partial charge on any atom is -0.412 e. The number of piperazine rings is 1. The number of hydrogen-bond acceptors (Lipinski definition) is 7. The van der Waals surface area contributed by atoms with Gasteiger partial charge in [0.25, 0.3) is 0 Å². The lowest BCUT2D eigenvalue weighted by atomic mass is 10.2. The van der Waals surface area contributed by atoms with Crippen molar-refractivity contribution in [3.05, 3.63) is 48.4 Å². The van der Waals surface area contributed by atoms with Gasteiger partial charge in [-0.3, -0.25) is 4.68 Å². The van der Waals surface area contributed by atoms with Crippen molar-refractivity contribution in [2.75, 3.05) is 22.9 Å². The highest BCUT2D eigenvalue weighted by atomic mass is 16.5. The predicted molar refractivity (Wildman–Crippen MR) is 109 cm³/mol. The van der Waals surface area contributed by atoms with Gasteiger partial charge in [-0.1, -0.05) is 6.07 Å². The number of benzene rings is 1. The van der Waals surface area contributed by atoms with Gasteiger partial charge in [-0.15, -0.1) is 0 Å². The second-order valence-corrected chi connectivity index (χ2v) is 7.52. The molecule has 0 amide bonds. The SMILES string of the molecule is Cn1cc(-c2ncc(C#N)c(N3C[C@@H]4C[C@H]3CN4c3cccc([NH2+]O)c3)n2)cn1.O. The van der Waals surface area contributed by atoms with Crippen LogP contribution in [0, 0.1) is 11.3 Å². The van der Waals surface area contributed by atoms with Crippen molar-refractivity contribution in [2.45, 2.75) is 18.5 Å². The highest BCUT2D eigenvalue weighted by Gasteiger charge is 2.44. The predicted octanol–water partition coefficient (Wildman–Crippen LogP) is -0.0243. The Morgan fingerprint density at radius 3 is 2.67 bits per heavy atom. The van der Waals surface area contributed by atoms with E-state index in [1.165, 1.54) is 0 Å². The molecule has 0 spiro atoms. The Kier molecular flexibility index (Phi) is 5.09. The molecule has 0 aliphatic carbocycles. The lowest BCUT2D eigenvalue weighted by Gasteiger charge is -2.36. The molecule has 2 bridgehead atoms. The largest absolute Gasteiger partial charge is 0.412 e. The van der Waals surface area contributed by atoms with Gasteiger partial charge in [-0.05, 0) is 12.5 Å². The molecule has 1 aromatic carbocycles. The van der Waals surface area contributed by atoms with E-state index in [1.807, 2.05) is 31.4 Å². The highest BCUT2D eigenvalue weighted by molar-refractivity contribution is 5.64. The zero-order chi connectivity index (χ0) is 20.0. The van der Waals surface area contributed by atoms with Crippen LogP contribution >= 0.6 is 0 Å². The first-order valence-corrected chi connectivity index (χ1v) is 9.53.